The van der Waals surface area contributed by atoms with E-state index < -0.39 is 10.0 Å². The number of benzene rings is 1. The van der Waals surface area contributed by atoms with Gasteiger partial charge in [-0.3, -0.25) is 4.79 Å². The third-order valence-corrected chi connectivity index (χ3v) is 6.40. The van der Waals surface area contributed by atoms with Gasteiger partial charge in [0.25, 0.3) is 0 Å². The maximum absolute atomic E-state index is 12.3. The molecule has 1 saturated carbocycles. The monoisotopic (exact) mass is 396 g/mol. The Morgan fingerprint density at radius 1 is 1.15 bits per heavy atom. The van der Waals surface area contributed by atoms with Crippen LogP contribution in [-0.2, 0) is 21.2 Å². The molecule has 6 nitrogen and oxygen atoms in total. The van der Waals surface area contributed by atoms with Gasteiger partial charge in [0, 0.05) is 25.6 Å². The molecule has 152 valence electrons. The second-order valence-corrected chi connectivity index (χ2v) is 9.21. The number of rotatable bonds is 9. The summed E-state index contributed by atoms with van der Waals surface area (Å²) >= 11 is 0. The molecule has 0 saturated heterocycles. The molecular weight excluding hydrogens is 364 g/mol. The van der Waals surface area contributed by atoms with Crippen LogP contribution in [0.15, 0.2) is 24.3 Å². The van der Waals surface area contributed by atoms with Crippen molar-refractivity contribution in [1.82, 2.24) is 9.62 Å². The first-order valence-electron chi connectivity index (χ1n) is 9.76. The van der Waals surface area contributed by atoms with Crippen molar-refractivity contribution < 1.29 is 17.9 Å². The van der Waals surface area contributed by atoms with E-state index in [9.17, 15) is 13.2 Å². The Kier molecular flexibility index (Phi) is 8.57. The number of nitrogens with zero attached hydrogens (tertiary/aromatic N) is 1. The van der Waals surface area contributed by atoms with Gasteiger partial charge in [0.15, 0.2) is 0 Å². The van der Waals surface area contributed by atoms with Crippen LogP contribution < -0.4 is 10.1 Å². The summed E-state index contributed by atoms with van der Waals surface area (Å²) in [7, 11) is -1.77. The van der Waals surface area contributed by atoms with E-state index in [1.807, 2.05) is 24.3 Å². The molecule has 0 unspecified atom stereocenters. The van der Waals surface area contributed by atoms with Crippen molar-refractivity contribution in [1.29, 1.82) is 0 Å². The number of sulfonamides is 1. The highest BCUT2D eigenvalue weighted by molar-refractivity contribution is 7.88. The van der Waals surface area contributed by atoms with Gasteiger partial charge in [-0.1, -0.05) is 43.9 Å². The number of carbonyl (C=O) groups is 1. The third-order valence-electron chi connectivity index (χ3n) is 5.10. The van der Waals surface area contributed by atoms with Gasteiger partial charge < -0.3 is 10.1 Å². The first-order valence-corrected chi connectivity index (χ1v) is 11.6. The Morgan fingerprint density at radius 3 is 2.44 bits per heavy atom. The first kappa shape index (κ1) is 21.7. The Bertz CT molecular complexity index is 698. The number of carbonyl (C=O) groups excluding carboxylic acids is 1. The number of nitrogens with one attached hydrogen (secondary N) is 1. The van der Waals surface area contributed by atoms with E-state index in [4.69, 9.17) is 4.74 Å². The van der Waals surface area contributed by atoms with Crippen molar-refractivity contribution in [3.63, 3.8) is 0 Å². The van der Waals surface area contributed by atoms with Crippen molar-refractivity contribution in [2.45, 2.75) is 57.4 Å². The van der Waals surface area contributed by atoms with Crippen LogP contribution in [0.25, 0.3) is 0 Å². The van der Waals surface area contributed by atoms with Gasteiger partial charge in [-0.25, -0.2) is 12.7 Å². The fourth-order valence-electron chi connectivity index (χ4n) is 3.55. The molecule has 0 spiro atoms. The van der Waals surface area contributed by atoms with Crippen LogP contribution in [0.3, 0.4) is 0 Å². The predicted molar refractivity (Wildman–Crippen MR) is 107 cm³/mol. The smallest absolute Gasteiger partial charge is 0.221 e. The van der Waals surface area contributed by atoms with E-state index in [1.54, 1.807) is 7.11 Å². The molecule has 0 bridgehead atoms. The van der Waals surface area contributed by atoms with Crippen LogP contribution in [-0.4, -0.2) is 51.1 Å². The summed E-state index contributed by atoms with van der Waals surface area (Å²) in [5.74, 6) is 0.685. The van der Waals surface area contributed by atoms with Crippen LogP contribution >= 0.6 is 0 Å². The van der Waals surface area contributed by atoms with E-state index in [2.05, 4.69) is 5.32 Å². The van der Waals surface area contributed by atoms with Crippen molar-refractivity contribution in [2.75, 3.05) is 26.5 Å². The highest BCUT2D eigenvalue weighted by atomic mass is 32.2. The summed E-state index contributed by atoms with van der Waals surface area (Å²) in [5.41, 5.74) is 0.955. The molecule has 0 atom stereocenters. The van der Waals surface area contributed by atoms with Crippen LogP contribution in [0.2, 0.25) is 0 Å². The summed E-state index contributed by atoms with van der Waals surface area (Å²) in [6.45, 7) is 0.530. The zero-order valence-corrected chi connectivity index (χ0v) is 17.3. The fourth-order valence-corrected chi connectivity index (χ4v) is 4.39. The number of methoxy groups -OCH3 is 1. The van der Waals surface area contributed by atoms with Gasteiger partial charge in [-0.05, 0) is 30.9 Å². The standard InChI is InChI=1S/C20H32N2O4S/c1-26-19-12-8-7-9-17(19)13-15-22(27(2,24)25)16-14-20(23)21-18-10-5-3-4-6-11-18/h7-9,12,18H,3-6,10-11,13-16H2,1-2H3,(H,21,23). The molecule has 1 aromatic rings. The molecule has 1 aliphatic rings. The minimum atomic E-state index is -3.38. The van der Waals surface area contributed by atoms with Crippen molar-refractivity contribution in [3.05, 3.63) is 29.8 Å². The number of amides is 1. The molecule has 7 heteroatoms. The molecule has 2 rings (SSSR count). The highest BCUT2D eigenvalue weighted by Crippen LogP contribution is 2.19. The molecule has 1 aliphatic carbocycles. The Morgan fingerprint density at radius 2 is 1.81 bits per heavy atom. The molecule has 1 amide bonds. The molecule has 1 fully saturated rings. The van der Waals surface area contributed by atoms with Gasteiger partial charge in [0.1, 0.15) is 5.75 Å². The lowest BCUT2D eigenvalue weighted by molar-refractivity contribution is -0.122. The predicted octanol–water partition coefficient (Wildman–Crippen LogP) is 2.73. The summed E-state index contributed by atoms with van der Waals surface area (Å²) in [6.07, 6.45) is 8.74. The molecule has 0 aromatic heterocycles. The van der Waals surface area contributed by atoms with Crippen LogP contribution in [0, 0.1) is 0 Å². The van der Waals surface area contributed by atoms with Gasteiger partial charge >= 0.3 is 0 Å². The first-order chi connectivity index (χ1) is 12.9. The van der Waals surface area contributed by atoms with Crippen molar-refractivity contribution in [3.8, 4) is 5.75 Å². The second-order valence-electron chi connectivity index (χ2n) is 7.23. The average Bonchev–Trinajstić information content (AvgIpc) is 2.89. The molecule has 0 heterocycles. The largest absolute Gasteiger partial charge is 0.496 e. The summed E-state index contributed by atoms with van der Waals surface area (Å²) in [5, 5.41) is 3.08. The van der Waals surface area contributed by atoms with E-state index in [0.717, 1.165) is 37.0 Å². The second kappa shape index (κ2) is 10.7. The lowest BCUT2D eigenvalue weighted by Crippen LogP contribution is -2.39. The van der Waals surface area contributed by atoms with E-state index in [-0.39, 0.29) is 24.9 Å². The molecule has 27 heavy (non-hydrogen) atoms. The van der Waals surface area contributed by atoms with E-state index in [0.29, 0.717) is 13.0 Å². The summed E-state index contributed by atoms with van der Waals surface area (Å²) < 4.78 is 30.9. The summed E-state index contributed by atoms with van der Waals surface area (Å²) in [6, 6.07) is 7.82. The quantitative estimate of drug-likeness (QED) is 0.651. The zero-order valence-electron chi connectivity index (χ0n) is 16.4. The fraction of sp³-hybridized carbons (Fsp3) is 0.650. The highest BCUT2D eigenvalue weighted by Gasteiger charge is 2.20. The summed E-state index contributed by atoms with van der Waals surface area (Å²) in [4.78, 5) is 12.3. The maximum atomic E-state index is 12.3. The molecule has 0 aliphatic heterocycles. The molecule has 1 N–H and O–H groups in total. The minimum Gasteiger partial charge on any atom is -0.496 e. The van der Waals surface area contributed by atoms with Gasteiger partial charge in [-0.2, -0.15) is 0 Å². The lowest BCUT2D eigenvalue weighted by atomic mass is 10.1. The topological polar surface area (TPSA) is 75.7 Å². The zero-order chi connectivity index (χ0) is 19.7. The molecular formula is C20H32N2O4S. The maximum Gasteiger partial charge on any atom is 0.221 e. The number of ether oxygens (including phenoxy) is 1. The van der Waals surface area contributed by atoms with Crippen LogP contribution in [0.5, 0.6) is 5.75 Å². The van der Waals surface area contributed by atoms with Gasteiger partial charge in [0.05, 0.1) is 13.4 Å². The average molecular weight is 397 g/mol. The van der Waals surface area contributed by atoms with Crippen molar-refractivity contribution in [2.24, 2.45) is 0 Å². The molecule has 1 aromatic carbocycles. The molecule has 0 radical (unpaired) electrons. The minimum absolute atomic E-state index is 0.0622. The van der Waals surface area contributed by atoms with Gasteiger partial charge in [0.2, 0.25) is 15.9 Å². The Hall–Kier alpha value is -1.60. The van der Waals surface area contributed by atoms with Crippen LogP contribution in [0.1, 0.15) is 50.5 Å². The van der Waals surface area contributed by atoms with Crippen molar-refractivity contribution >= 4 is 15.9 Å². The van der Waals surface area contributed by atoms with Gasteiger partial charge in [-0.15, -0.1) is 0 Å². The van der Waals surface area contributed by atoms with Crippen LogP contribution in [0.4, 0.5) is 0 Å². The number of hydrogen-bond donors (Lipinski definition) is 1. The van der Waals surface area contributed by atoms with E-state index >= 15 is 0 Å². The lowest BCUT2D eigenvalue weighted by Gasteiger charge is -2.21. The number of hydrogen-bond acceptors (Lipinski definition) is 4. The van der Waals surface area contributed by atoms with E-state index in [1.165, 1.54) is 23.4 Å². The Labute approximate surface area is 163 Å². The SMILES string of the molecule is COc1ccccc1CCN(CCC(=O)NC1CCCCCC1)S(C)(=O)=O. The number of para-hydroxylation sites is 1. The Balaban J connectivity index is 1.87. The normalized spacial score (nSPS) is 16.1. The third kappa shape index (κ3) is 7.50.